The quantitative estimate of drug-likeness (QED) is 0.701. The summed E-state index contributed by atoms with van der Waals surface area (Å²) >= 11 is 0. The summed E-state index contributed by atoms with van der Waals surface area (Å²) in [4.78, 5) is 15.5. The molecule has 0 saturated heterocycles. The summed E-state index contributed by atoms with van der Waals surface area (Å²) in [6.07, 6.45) is 1.15. The smallest absolute Gasteiger partial charge is 0.252 e. The van der Waals surface area contributed by atoms with Gasteiger partial charge in [-0.2, -0.15) is 0 Å². The Balaban J connectivity index is 2.29. The largest absolute Gasteiger partial charge is 0.344 e. The van der Waals surface area contributed by atoms with Crippen LogP contribution in [0.25, 0.3) is 0 Å². The second-order valence-electron chi connectivity index (χ2n) is 7.82. The minimum absolute atomic E-state index is 0.00300. The van der Waals surface area contributed by atoms with Crippen molar-refractivity contribution in [2.45, 2.75) is 53.1 Å². The summed E-state index contributed by atoms with van der Waals surface area (Å²) in [6.45, 7) is 11.7. The summed E-state index contributed by atoms with van der Waals surface area (Å²) in [6, 6.07) is 16.4. The lowest BCUT2D eigenvalue weighted by atomic mass is 9.96. The fourth-order valence-corrected chi connectivity index (χ4v) is 3.57. The van der Waals surface area contributed by atoms with Gasteiger partial charge >= 0.3 is 0 Å². The van der Waals surface area contributed by atoms with Gasteiger partial charge in [0.1, 0.15) is 0 Å². The molecule has 0 aliphatic heterocycles. The van der Waals surface area contributed by atoms with E-state index in [0.29, 0.717) is 5.92 Å². The molecule has 0 aliphatic carbocycles. The van der Waals surface area contributed by atoms with Crippen LogP contribution in [0.5, 0.6) is 0 Å². The van der Waals surface area contributed by atoms with E-state index in [4.69, 9.17) is 0 Å². The molecule has 3 heteroatoms. The van der Waals surface area contributed by atoms with Crippen LogP contribution in [-0.2, 0) is 0 Å². The van der Waals surface area contributed by atoms with Gasteiger partial charge in [0, 0.05) is 18.2 Å². The molecule has 0 bridgehead atoms. The van der Waals surface area contributed by atoms with E-state index < -0.39 is 0 Å². The third kappa shape index (κ3) is 5.43. The van der Waals surface area contributed by atoms with E-state index in [1.165, 1.54) is 0 Å². The van der Waals surface area contributed by atoms with Gasteiger partial charge in [-0.1, -0.05) is 68.8 Å². The van der Waals surface area contributed by atoms with Gasteiger partial charge in [0.15, 0.2) is 0 Å². The van der Waals surface area contributed by atoms with Gasteiger partial charge in [0.05, 0.1) is 6.04 Å². The highest BCUT2D eigenvalue weighted by Crippen LogP contribution is 2.23. The van der Waals surface area contributed by atoms with Gasteiger partial charge in [0.2, 0.25) is 0 Å². The Labute approximate surface area is 164 Å². The summed E-state index contributed by atoms with van der Waals surface area (Å²) < 4.78 is 0. The number of nitrogens with one attached hydrogen (secondary N) is 1. The predicted molar refractivity (Wildman–Crippen MR) is 114 cm³/mol. The Hall–Kier alpha value is -2.13. The van der Waals surface area contributed by atoms with E-state index in [-0.39, 0.29) is 18.0 Å². The van der Waals surface area contributed by atoms with Gasteiger partial charge in [0.25, 0.3) is 5.91 Å². The highest BCUT2D eigenvalue weighted by atomic mass is 16.1. The van der Waals surface area contributed by atoms with Crippen LogP contribution in [0.2, 0.25) is 0 Å². The molecule has 3 atom stereocenters. The fraction of sp³-hybridized carbons (Fsp3) is 0.458. The predicted octanol–water partition coefficient (Wildman–Crippen LogP) is 5.14. The molecule has 2 aromatic carbocycles. The van der Waals surface area contributed by atoms with E-state index in [2.05, 4.69) is 50.2 Å². The fourth-order valence-electron chi connectivity index (χ4n) is 3.57. The zero-order valence-corrected chi connectivity index (χ0v) is 17.6. The highest BCUT2D eigenvalue weighted by molar-refractivity contribution is 5.97. The number of likely N-dealkylation sites (N-methyl/N-ethyl adjacent to an activating group) is 1. The third-order valence-electron chi connectivity index (χ3n) is 5.63. The van der Waals surface area contributed by atoms with Crippen molar-refractivity contribution in [3.63, 3.8) is 0 Å². The van der Waals surface area contributed by atoms with Gasteiger partial charge in [-0.15, -0.1) is 0 Å². The molecule has 2 aromatic rings. The van der Waals surface area contributed by atoms with Crippen LogP contribution < -0.4 is 5.32 Å². The topological polar surface area (TPSA) is 32.3 Å². The molecule has 2 unspecified atom stereocenters. The molecular formula is C24H34N2O. The number of carbonyl (C=O) groups excluding carboxylic acids is 1. The molecular weight excluding hydrogens is 332 g/mol. The monoisotopic (exact) mass is 366 g/mol. The minimum Gasteiger partial charge on any atom is -0.344 e. The van der Waals surface area contributed by atoms with Crippen molar-refractivity contribution in [1.29, 1.82) is 0 Å². The average Bonchev–Trinajstić information content (AvgIpc) is 2.65. The SMILES string of the molecule is CCC(C)CN(C)C(C)[C@H](NC(=O)c1c(C)cccc1C)c1ccccc1. The first-order valence-electron chi connectivity index (χ1n) is 9.97. The first-order valence-corrected chi connectivity index (χ1v) is 9.97. The van der Waals surface area contributed by atoms with E-state index in [1.54, 1.807) is 0 Å². The van der Waals surface area contributed by atoms with E-state index in [9.17, 15) is 4.79 Å². The van der Waals surface area contributed by atoms with Gasteiger partial charge in [-0.25, -0.2) is 0 Å². The maximum absolute atomic E-state index is 13.1. The number of amides is 1. The third-order valence-corrected chi connectivity index (χ3v) is 5.63. The van der Waals surface area contributed by atoms with Gasteiger partial charge in [-0.05, 0) is 50.4 Å². The van der Waals surface area contributed by atoms with Crippen LogP contribution in [0.4, 0.5) is 0 Å². The molecule has 146 valence electrons. The molecule has 2 rings (SSSR count). The molecule has 0 aliphatic rings. The minimum atomic E-state index is -0.0632. The molecule has 27 heavy (non-hydrogen) atoms. The first-order chi connectivity index (χ1) is 12.8. The number of hydrogen-bond acceptors (Lipinski definition) is 2. The lowest BCUT2D eigenvalue weighted by Gasteiger charge is -2.34. The van der Waals surface area contributed by atoms with Crippen LogP contribution >= 0.6 is 0 Å². The van der Waals surface area contributed by atoms with Gasteiger partial charge in [-0.3, -0.25) is 4.79 Å². The molecule has 0 fully saturated rings. The second kappa shape index (κ2) is 9.70. The van der Waals surface area contributed by atoms with Crippen molar-refractivity contribution in [2.24, 2.45) is 5.92 Å². The summed E-state index contributed by atoms with van der Waals surface area (Å²) in [5, 5.41) is 3.32. The number of carbonyl (C=O) groups is 1. The van der Waals surface area contributed by atoms with Crippen LogP contribution in [0.3, 0.4) is 0 Å². The Morgan fingerprint density at radius 3 is 2.15 bits per heavy atom. The molecule has 0 spiro atoms. The van der Waals surface area contributed by atoms with Crippen molar-refractivity contribution in [3.8, 4) is 0 Å². The Morgan fingerprint density at radius 1 is 1.00 bits per heavy atom. The average molecular weight is 367 g/mol. The van der Waals surface area contributed by atoms with E-state index in [1.807, 2.05) is 50.2 Å². The van der Waals surface area contributed by atoms with E-state index >= 15 is 0 Å². The Kier molecular flexibility index (Phi) is 7.61. The molecule has 0 radical (unpaired) electrons. The first kappa shape index (κ1) is 21.2. The molecule has 3 nitrogen and oxygen atoms in total. The number of aryl methyl sites for hydroxylation is 2. The molecule has 0 aromatic heterocycles. The second-order valence-corrected chi connectivity index (χ2v) is 7.82. The van der Waals surface area contributed by atoms with Crippen LogP contribution in [0, 0.1) is 19.8 Å². The van der Waals surface area contributed by atoms with Gasteiger partial charge < -0.3 is 10.2 Å². The maximum Gasteiger partial charge on any atom is 0.252 e. The van der Waals surface area contributed by atoms with Crippen molar-refractivity contribution < 1.29 is 4.79 Å². The molecule has 0 heterocycles. The summed E-state index contributed by atoms with van der Waals surface area (Å²) in [7, 11) is 2.15. The lowest BCUT2D eigenvalue weighted by Crippen LogP contribution is -2.44. The Bertz CT molecular complexity index is 721. The van der Waals surface area contributed by atoms with Crippen LogP contribution in [0.15, 0.2) is 48.5 Å². The van der Waals surface area contributed by atoms with Crippen LogP contribution in [0.1, 0.15) is 60.3 Å². The standard InChI is InChI=1S/C24H34N2O/c1-7-17(2)16-26(6)20(5)23(21-14-9-8-10-15-21)25-24(27)22-18(3)12-11-13-19(22)4/h8-15,17,20,23H,7,16H2,1-6H3,(H,25,27)/t17?,20?,23-/m0/s1. The summed E-state index contributed by atoms with van der Waals surface area (Å²) in [5.74, 6) is 0.631. The van der Waals surface area contributed by atoms with E-state index in [0.717, 1.165) is 35.2 Å². The summed E-state index contributed by atoms with van der Waals surface area (Å²) in [5.41, 5.74) is 3.95. The highest BCUT2D eigenvalue weighted by Gasteiger charge is 2.26. The van der Waals surface area contributed by atoms with Crippen molar-refractivity contribution >= 4 is 5.91 Å². The van der Waals surface area contributed by atoms with Crippen molar-refractivity contribution in [3.05, 3.63) is 70.8 Å². The number of hydrogen-bond donors (Lipinski definition) is 1. The maximum atomic E-state index is 13.1. The van der Waals surface area contributed by atoms with Crippen molar-refractivity contribution in [1.82, 2.24) is 10.2 Å². The molecule has 1 amide bonds. The number of rotatable bonds is 8. The lowest BCUT2D eigenvalue weighted by molar-refractivity contribution is 0.0898. The Morgan fingerprint density at radius 2 is 1.59 bits per heavy atom. The molecule has 1 N–H and O–H groups in total. The van der Waals surface area contributed by atoms with Crippen LogP contribution in [-0.4, -0.2) is 30.4 Å². The number of benzene rings is 2. The number of nitrogens with zero attached hydrogens (tertiary/aromatic N) is 1. The normalized spacial score (nSPS) is 14.6. The zero-order valence-electron chi connectivity index (χ0n) is 17.6. The van der Waals surface area contributed by atoms with Crippen molar-refractivity contribution in [2.75, 3.05) is 13.6 Å². The molecule has 0 saturated carbocycles. The zero-order chi connectivity index (χ0) is 20.0.